The van der Waals surface area contributed by atoms with E-state index in [1.54, 1.807) is 43.5 Å². The lowest BCUT2D eigenvalue weighted by molar-refractivity contribution is -0.113. The Labute approximate surface area is 223 Å². The third-order valence-electron chi connectivity index (χ3n) is 5.25. The van der Waals surface area contributed by atoms with E-state index < -0.39 is 5.97 Å². The number of ether oxygens (including phenoxy) is 2. The summed E-state index contributed by atoms with van der Waals surface area (Å²) in [6, 6.07) is 21.5. The van der Waals surface area contributed by atoms with Crippen molar-refractivity contribution < 1.29 is 19.1 Å². The molecule has 0 atom stereocenters. The third kappa shape index (κ3) is 6.60. The molecule has 0 saturated carbocycles. The Morgan fingerprint density at radius 2 is 1.78 bits per heavy atom. The molecule has 0 fully saturated rings. The number of halogens is 1. The van der Waals surface area contributed by atoms with Crippen molar-refractivity contribution in [3.05, 3.63) is 89.2 Å². The van der Waals surface area contributed by atoms with Crippen LogP contribution >= 0.6 is 23.4 Å². The molecule has 1 heterocycles. The van der Waals surface area contributed by atoms with Crippen LogP contribution < -0.4 is 15.4 Å². The summed E-state index contributed by atoms with van der Waals surface area (Å²) in [5, 5.41) is 15.8. The molecule has 190 valence electrons. The molecule has 0 aliphatic carbocycles. The van der Waals surface area contributed by atoms with Crippen molar-refractivity contribution >= 4 is 46.6 Å². The van der Waals surface area contributed by atoms with E-state index in [0.717, 1.165) is 17.1 Å². The number of nitrogens with zero attached hydrogens (tertiary/aromatic N) is 3. The van der Waals surface area contributed by atoms with E-state index >= 15 is 0 Å². The average Bonchev–Trinajstić information content (AvgIpc) is 3.33. The predicted molar refractivity (Wildman–Crippen MR) is 144 cm³/mol. The Balaban J connectivity index is 1.51. The fourth-order valence-corrected chi connectivity index (χ4v) is 4.42. The van der Waals surface area contributed by atoms with Gasteiger partial charge in [-0.2, -0.15) is 0 Å². The monoisotopic (exact) mass is 537 g/mol. The Kier molecular flexibility index (Phi) is 8.65. The highest BCUT2D eigenvalue weighted by Crippen LogP contribution is 2.25. The van der Waals surface area contributed by atoms with Gasteiger partial charge in [-0.25, -0.2) is 4.79 Å². The maximum atomic E-state index is 12.7. The van der Waals surface area contributed by atoms with Crippen molar-refractivity contribution in [3.8, 4) is 11.4 Å². The number of aromatic nitrogens is 3. The van der Waals surface area contributed by atoms with Gasteiger partial charge < -0.3 is 20.1 Å². The van der Waals surface area contributed by atoms with Crippen LogP contribution in [0.2, 0.25) is 5.02 Å². The van der Waals surface area contributed by atoms with Gasteiger partial charge in [0, 0.05) is 10.7 Å². The summed E-state index contributed by atoms with van der Waals surface area (Å²) < 4.78 is 11.8. The van der Waals surface area contributed by atoms with E-state index in [0.29, 0.717) is 28.2 Å². The van der Waals surface area contributed by atoms with Crippen molar-refractivity contribution in [3.63, 3.8) is 0 Å². The second-order valence-electron chi connectivity index (χ2n) is 7.67. The van der Waals surface area contributed by atoms with Crippen molar-refractivity contribution in [1.29, 1.82) is 0 Å². The second kappa shape index (κ2) is 12.3. The van der Waals surface area contributed by atoms with Crippen molar-refractivity contribution in [2.75, 3.05) is 30.6 Å². The number of amides is 1. The molecule has 1 amide bonds. The Hall–Kier alpha value is -4.02. The Bertz CT molecular complexity index is 1390. The van der Waals surface area contributed by atoms with Crippen LogP contribution in [0.4, 0.5) is 11.4 Å². The molecular weight excluding hydrogens is 514 g/mol. The van der Waals surface area contributed by atoms with Gasteiger partial charge in [0.15, 0.2) is 11.0 Å². The van der Waals surface area contributed by atoms with E-state index in [1.165, 1.54) is 18.9 Å². The fourth-order valence-electron chi connectivity index (χ4n) is 3.47. The van der Waals surface area contributed by atoms with Crippen molar-refractivity contribution in [2.45, 2.75) is 11.7 Å². The summed E-state index contributed by atoms with van der Waals surface area (Å²) in [5.74, 6) is 0.606. The quantitative estimate of drug-likeness (QED) is 0.213. The zero-order chi connectivity index (χ0) is 26.2. The number of methoxy groups -OCH3 is 2. The molecule has 3 aromatic carbocycles. The van der Waals surface area contributed by atoms with Crippen LogP contribution in [0.25, 0.3) is 5.69 Å². The van der Waals surface area contributed by atoms with Gasteiger partial charge in [0.1, 0.15) is 5.75 Å². The van der Waals surface area contributed by atoms with Crippen LogP contribution in [-0.4, -0.2) is 46.6 Å². The van der Waals surface area contributed by atoms with Gasteiger partial charge in [0.2, 0.25) is 5.91 Å². The average molecular weight is 538 g/mol. The highest BCUT2D eigenvalue weighted by molar-refractivity contribution is 7.99. The van der Waals surface area contributed by atoms with Crippen LogP contribution in [-0.2, 0) is 16.1 Å². The lowest BCUT2D eigenvalue weighted by Gasteiger charge is -2.12. The molecule has 1 aromatic heterocycles. The number of anilines is 2. The number of nitrogens with one attached hydrogen (secondary N) is 2. The summed E-state index contributed by atoms with van der Waals surface area (Å²) in [6.07, 6.45) is 0. The number of para-hydroxylation sites is 1. The van der Waals surface area contributed by atoms with Gasteiger partial charge in [-0.15, -0.1) is 10.2 Å². The first-order chi connectivity index (χ1) is 18.0. The van der Waals surface area contributed by atoms with E-state index in [2.05, 4.69) is 20.8 Å². The molecule has 37 heavy (non-hydrogen) atoms. The zero-order valence-electron chi connectivity index (χ0n) is 20.1. The number of carbonyl (C=O) groups excluding carboxylic acids is 2. The van der Waals surface area contributed by atoms with Crippen LogP contribution in [0, 0.1) is 0 Å². The van der Waals surface area contributed by atoms with Crippen LogP contribution in [0.5, 0.6) is 5.75 Å². The lowest BCUT2D eigenvalue weighted by atomic mass is 10.2. The van der Waals surface area contributed by atoms with E-state index in [4.69, 9.17) is 21.1 Å². The van der Waals surface area contributed by atoms with Crippen molar-refractivity contribution in [1.82, 2.24) is 14.8 Å². The first-order valence-corrected chi connectivity index (χ1v) is 12.5. The normalized spacial score (nSPS) is 10.6. The number of hydrogen-bond donors (Lipinski definition) is 2. The first kappa shape index (κ1) is 26.1. The van der Waals surface area contributed by atoms with Crippen LogP contribution in [0.1, 0.15) is 16.2 Å². The number of benzene rings is 3. The molecule has 0 bridgehead atoms. The van der Waals surface area contributed by atoms with Gasteiger partial charge in [0.05, 0.1) is 43.5 Å². The van der Waals surface area contributed by atoms with Gasteiger partial charge in [-0.05, 0) is 54.6 Å². The number of hydrogen-bond acceptors (Lipinski definition) is 8. The maximum absolute atomic E-state index is 12.7. The number of esters is 1. The second-order valence-corrected chi connectivity index (χ2v) is 9.05. The molecule has 2 N–H and O–H groups in total. The summed E-state index contributed by atoms with van der Waals surface area (Å²) in [4.78, 5) is 24.7. The first-order valence-electron chi connectivity index (χ1n) is 11.2. The minimum Gasteiger partial charge on any atom is -0.497 e. The molecule has 4 aromatic rings. The third-order valence-corrected chi connectivity index (χ3v) is 6.41. The topological polar surface area (TPSA) is 107 Å². The molecule has 0 spiro atoms. The van der Waals surface area contributed by atoms with E-state index in [9.17, 15) is 9.59 Å². The molecule has 4 rings (SSSR count). The molecule has 0 aliphatic heterocycles. The largest absolute Gasteiger partial charge is 0.497 e. The molecule has 0 unspecified atom stereocenters. The summed E-state index contributed by atoms with van der Waals surface area (Å²) in [7, 11) is 2.91. The van der Waals surface area contributed by atoms with E-state index in [1.807, 2.05) is 41.0 Å². The van der Waals surface area contributed by atoms with Gasteiger partial charge >= 0.3 is 5.97 Å². The number of carbonyl (C=O) groups is 2. The Morgan fingerprint density at radius 3 is 2.51 bits per heavy atom. The summed E-state index contributed by atoms with van der Waals surface area (Å²) >= 11 is 7.46. The van der Waals surface area contributed by atoms with Gasteiger partial charge in [0.25, 0.3) is 0 Å². The minimum atomic E-state index is -0.529. The molecule has 0 saturated heterocycles. The number of rotatable bonds is 10. The standard InChI is InChI=1S/C26H24ClN5O4S/c1-35-20-12-10-18(11-13-20)28-15-23-30-31-26(32(23)19-7-5-6-17(27)14-19)37-16-24(33)29-22-9-4-3-8-21(22)25(34)36-2/h3-14,28H,15-16H2,1-2H3,(H,29,33). The molecule has 9 nitrogen and oxygen atoms in total. The van der Waals surface area contributed by atoms with Crippen molar-refractivity contribution in [2.24, 2.45) is 0 Å². The van der Waals surface area contributed by atoms with Gasteiger partial charge in [-0.1, -0.05) is 41.6 Å². The molecular formula is C26H24ClN5O4S. The summed E-state index contributed by atoms with van der Waals surface area (Å²) in [6.45, 7) is 0.380. The van der Waals surface area contributed by atoms with Crippen LogP contribution in [0.15, 0.2) is 78.0 Å². The van der Waals surface area contributed by atoms with E-state index in [-0.39, 0.29) is 17.2 Å². The highest BCUT2D eigenvalue weighted by atomic mass is 35.5. The zero-order valence-corrected chi connectivity index (χ0v) is 21.7. The SMILES string of the molecule is COC(=O)c1ccccc1NC(=O)CSc1nnc(CNc2ccc(OC)cc2)n1-c1cccc(Cl)c1. The predicted octanol–water partition coefficient (Wildman–Crippen LogP) is 5.06. The highest BCUT2D eigenvalue weighted by Gasteiger charge is 2.18. The summed E-state index contributed by atoms with van der Waals surface area (Å²) in [5.41, 5.74) is 2.31. The molecule has 0 aliphatic rings. The lowest BCUT2D eigenvalue weighted by Crippen LogP contribution is -2.17. The smallest absolute Gasteiger partial charge is 0.339 e. The van der Waals surface area contributed by atoms with Gasteiger partial charge in [-0.3, -0.25) is 9.36 Å². The maximum Gasteiger partial charge on any atom is 0.339 e. The number of thioether (sulfide) groups is 1. The molecule has 0 radical (unpaired) electrons. The Morgan fingerprint density at radius 1 is 1.00 bits per heavy atom. The minimum absolute atomic E-state index is 0.0418. The molecule has 11 heteroatoms. The fraction of sp³-hybridized carbons (Fsp3) is 0.154. The van der Waals surface area contributed by atoms with Crippen LogP contribution in [0.3, 0.4) is 0 Å².